The van der Waals surface area contributed by atoms with Gasteiger partial charge in [0.05, 0.1) is 6.61 Å². The van der Waals surface area contributed by atoms with E-state index in [0.717, 1.165) is 18.8 Å². The summed E-state index contributed by atoms with van der Waals surface area (Å²) in [5, 5.41) is 9.27. The van der Waals surface area contributed by atoms with Crippen molar-refractivity contribution in [2.45, 2.75) is 19.4 Å². The number of hydrogen-bond acceptors (Lipinski definition) is 5. The molecule has 1 aromatic rings. The van der Waals surface area contributed by atoms with E-state index >= 15 is 0 Å². The molecule has 5 nitrogen and oxygen atoms in total. The number of nitrogens with two attached hydrogens (primary N) is 1. The first kappa shape index (κ1) is 15.8. The summed E-state index contributed by atoms with van der Waals surface area (Å²) in [4.78, 5) is 0. The van der Waals surface area contributed by atoms with Crippen molar-refractivity contribution in [2.75, 3.05) is 33.0 Å². The minimum absolute atomic E-state index is 0.193. The molecule has 5 heteroatoms. The van der Waals surface area contributed by atoms with E-state index in [1.54, 1.807) is 12.1 Å². The van der Waals surface area contributed by atoms with Crippen LogP contribution in [0.3, 0.4) is 0 Å². The lowest BCUT2D eigenvalue weighted by atomic mass is 10.3. The summed E-state index contributed by atoms with van der Waals surface area (Å²) in [5.41, 5.74) is 5.29. The number of aliphatic hydroxyl groups is 1. The van der Waals surface area contributed by atoms with Crippen LogP contribution in [0.5, 0.6) is 11.5 Å². The molecule has 1 rings (SSSR count). The molecule has 3 N–H and O–H groups in total. The highest BCUT2D eigenvalue weighted by Crippen LogP contribution is 2.17. The highest BCUT2D eigenvalue weighted by atomic mass is 16.5. The molecule has 0 aliphatic carbocycles. The number of benzene rings is 1. The maximum absolute atomic E-state index is 9.27. The largest absolute Gasteiger partial charge is 0.491 e. The van der Waals surface area contributed by atoms with E-state index < -0.39 is 6.10 Å². The molecule has 0 bridgehead atoms. The molecule has 1 aromatic carbocycles. The van der Waals surface area contributed by atoms with E-state index in [4.69, 9.17) is 19.9 Å². The zero-order valence-corrected chi connectivity index (χ0v) is 11.4. The lowest BCUT2D eigenvalue weighted by Gasteiger charge is -2.11. The lowest BCUT2D eigenvalue weighted by molar-refractivity contribution is 0.100. The Morgan fingerprint density at radius 3 is 2.26 bits per heavy atom. The second kappa shape index (κ2) is 9.61. The standard InChI is InChI=1S/C14H23NO4/c1-2-7-17-8-9-18-13-3-5-14(6-4-13)19-11-12(16)10-15/h3-6,12,16H,2,7-11,15H2,1H3. The molecule has 0 saturated heterocycles. The summed E-state index contributed by atoms with van der Waals surface area (Å²) in [7, 11) is 0. The average molecular weight is 269 g/mol. The maximum atomic E-state index is 9.27. The van der Waals surface area contributed by atoms with Crippen molar-refractivity contribution < 1.29 is 19.3 Å². The van der Waals surface area contributed by atoms with E-state index in [1.165, 1.54) is 0 Å². The summed E-state index contributed by atoms with van der Waals surface area (Å²) in [6.45, 7) is 4.35. The van der Waals surface area contributed by atoms with Gasteiger partial charge in [-0.05, 0) is 30.7 Å². The molecule has 0 aliphatic heterocycles. The van der Waals surface area contributed by atoms with Crippen LogP contribution in [0.25, 0.3) is 0 Å². The van der Waals surface area contributed by atoms with Gasteiger partial charge in [-0.3, -0.25) is 0 Å². The summed E-state index contributed by atoms with van der Waals surface area (Å²) in [6.07, 6.45) is 0.382. The summed E-state index contributed by atoms with van der Waals surface area (Å²) in [6, 6.07) is 7.24. The predicted octanol–water partition coefficient (Wildman–Crippen LogP) is 1.19. The monoisotopic (exact) mass is 269 g/mol. The van der Waals surface area contributed by atoms with Crippen molar-refractivity contribution >= 4 is 0 Å². The van der Waals surface area contributed by atoms with Crippen LogP contribution in [0.2, 0.25) is 0 Å². The molecule has 0 saturated carbocycles. The van der Waals surface area contributed by atoms with Gasteiger partial charge in [0, 0.05) is 13.2 Å². The Labute approximate surface area is 114 Å². The molecule has 0 heterocycles. The Balaban J connectivity index is 2.23. The van der Waals surface area contributed by atoms with Crippen LogP contribution in [0.4, 0.5) is 0 Å². The van der Waals surface area contributed by atoms with Gasteiger partial charge in [0.1, 0.15) is 30.8 Å². The molecule has 108 valence electrons. The van der Waals surface area contributed by atoms with Crippen molar-refractivity contribution in [1.82, 2.24) is 0 Å². The van der Waals surface area contributed by atoms with Gasteiger partial charge in [0.15, 0.2) is 0 Å². The van der Waals surface area contributed by atoms with Crippen LogP contribution in [-0.2, 0) is 4.74 Å². The third kappa shape index (κ3) is 7.00. The molecule has 0 spiro atoms. The molecular formula is C14H23NO4. The Hall–Kier alpha value is -1.30. The SMILES string of the molecule is CCCOCCOc1ccc(OCC(O)CN)cc1. The Kier molecular flexibility index (Phi) is 7.97. The number of ether oxygens (including phenoxy) is 3. The average Bonchev–Trinajstić information content (AvgIpc) is 2.45. The topological polar surface area (TPSA) is 73.9 Å². The van der Waals surface area contributed by atoms with Crippen LogP contribution in [0.15, 0.2) is 24.3 Å². The van der Waals surface area contributed by atoms with Crippen LogP contribution in [0, 0.1) is 0 Å². The molecule has 0 amide bonds. The van der Waals surface area contributed by atoms with E-state index in [-0.39, 0.29) is 13.2 Å². The van der Waals surface area contributed by atoms with E-state index in [0.29, 0.717) is 19.0 Å². The first-order valence-electron chi connectivity index (χ1n) is 6.57. The summed E-state index contributed by atoms with van der Waals surface area (Å²) < 4.78 is 16.2. The molecule has 1 atom stereocenters. The third-order valence-electron chi connectivity index (χ3n) is 2.38. The van der Waals surface area contributed by atoms with Gasteiger partial charge in [-0.2, -0.15) is 0 Å². The van der Waals surface area contributed by atoms with Gasteiger partial charge in [-0.15, -0.1) is 0 Å². The molecular weight excluding hydrogens is 246 g/mol. The van der Waals surface area contributed by atoms with Crippen LogP contribution in [-0.4, -0.2) is 44.2 Å². The second-order valence-corrected chi connectivity index (χ2v) is 4.13. The number of hydrogen-bond donors (Lipinski definition) is 2. The van der Waals surface area contributed by atoms with Crippen molar-refractivity contribution in [3.63, 3.8) is 0 Å². The first-order valence-corrected chi connectivity index (χ1v) is 6.57. The molecule has 0 fully saturated rings. The zero-order chi connectivity index (χ0) is 13.9. The van der Waals surface area contributed by atoms with E-state index in [2.05, 4.69) is 6.92 Å². The van der Waals surface area contributed by atoms with Gasteiger partial charge in [0.2, 0.25) is 0 Å². The number of aliphatic hydroxyl groups excluding tert-OH is 1. The minimum Gasteiger partial charge on any atom is -0.491 e. The smallest absolute Gasteiger partial charge is 0.119 e. The van der Waals surface area contributed by atoms with Crippen molar-refractivity contribution in [3.05, 3.63) is 24.3 Å². The molecule has 0 aliphatic rings. The first-order chi connectivity index (χ1) is 9.26. The van der Waals surface area contributed by atoms with Gasteiger partial charge in [-0.1, -0.05) is 6.92 Å². The summed E-state index contributed by atoms with van der Waals surface area (Å²) in [5.74, 6) is 1.45. The fourth-order valence-electron chi connectivity index (χ4n) is 1.36. The van der Waals surface area contributed by atoms with E-state index in [9.17, 15) is 5.11 Å². The highest BCUT2D eigenvalue weighted by Gasteiger charge is 2.02. The number of rotatable bonds is 10. The normalized spacial score (nSPS) is 12.2. The van der Waals surface area contributed by atoms with E-state index in [1.807, 2.05) is 12.1 Å². The van der Waals surface area contributed by atoms with Gasteiger partial charge >= 0.3 is 0 Å². The van der Waals surface area contributed by atoms with Crippen LogP contribution < -0.4 is 15.2 Å². The molecule has 19 heavy (non-hydrogen) atoms. The Morgan fingerprint density at radius 2 is 1.68 bits per heavy atom. The lowest BCUT2D eigenvalue weighted by Crippen LogP contribution is -2.26. The Bertz CT molecular complexity index is 329. The second-order valence-electron chi connectivity index (χ2n) is 4.13. The highest BCUT2D eigenvalue weighted by molar-refractivity contribution is 5.31. The quantitative estimate of drug-likeness (QED) is 0.624. The Morgan fingerprint density at radius 1 is 1.05 bits per heavy atom. The molecule has 0 radical (unpaired) electrons. The minimum atomic E-state index is -0.633. The third-order valence-corrected chi connectivity index (χ3v) is 2.38. The van der Waals surface area contributed by atoms with Crippen molar-refractivity contribution in [2.24, 2.45) is 5.73 Å². The molecule has 0 aromatic heterocycles. The van der Waals surface area contributed by atoms with Gasteiger partial charge < -0.3 is 25.1 Å². The van der Waals surface area contributed by atoms with Gasteiger partial charge in [0.25, 0.3) is 0 Å². The fourth-order valence-corrected chi connectivity index (χ4v) is 1.36. The van der Waals surface area contributed by atoms with Gasteiger partial charge in [-0.25, -0.2) is 0 Å². The van der Waals surface area contributed by atoms with Crippen molar-refractivity contribution in [1.29, 1.82) is 0 Å². The maximum Gasteiger partial charge on any atom is 0.119 e. The summed E-state index contributed by atoms with van der Waals surface area (Å²) >= 11 is 0. The fraction of sp³-hybridized carbons (Fsp3) is 0.571. The van der Waals surface area contributed by atoms with Crippen LogP contribution >= 0.6 is 0 Å². The van der Waals surface area contributed by atoms with Crippen molar-refractivity contribution in [3.8, 4) is 11.5 Å². The molecule has 1 unspecified atom stereocenters. The van der Waals surface area contributed by atoms with Crippen LogP contribution in [0.1, 0.15) is 13.3 Å². The zero-order valence-electron chi connectivity index (χ0n) is 11.4. The predicted molar refractivity (Wildman–Crippen MR) is 73.6 cm³/mol.